The van der Waals surface area contributed by atoms with Gasteiger partial charge in [-0.15, -0.1) is 0 Å². The highest BCUT2D eigenvalue weighted by molar-refractivity contribution is 6.04. The van der Waals surface area contributed by atoms with Crippen molar-refractivity contribution in [2.24, 2.45) is 0 Å². The van der Waals surface area contributed by atoms with Gasteiger partial charge in [0.2, 0.25) is 0 Å². The van der Waals surface area contributed by atoms with E-state index in [4.69, 9.17) is 5.11 Å². The second-order valence-electron chi connectivity index (χ2n) is 3.57. The van der Waals surface area contributed by atoms with Crippen LogP contribution in [0.5, 0.6) is 0 Å². The molecule has 0 radical (unpaired) electrons. The maximum absolute atomic E-state index is 11.5. The van der Waals surface area contributed by atoms with Gasteiger partial charge in [0, 0.05) is 17.1 Å². The zero-order valence-electron chi connectivity index (χ0n) is 9.21. The number of carboxylic acid groups (broad SMARTS) is 1. The molecule has 0 fully saturated rings. The highest BCUT2D eigenvalue weighted by atomic mass is 16.5. The summed E-state index contributed by atoms with van der Waals surface area (Å²) in [5.74, 6) is -1.35. The smallest absolute Gasteiger partial charge is 0.338 e. The number of ether oxygens (including phenoxy) is 1. The molecule has 5 nitrogen and oxygen atoms in total. The Balaban J connectivity index is 2.56. The van der Waals surface area contributed by atoms with Crippen molar-refractivity contribution in [1.82, 2.24) is 4.57 Å². The Hall–Kier alpha value is -2.30. The number of hydrogen-bond acceptors (Lipinski definition) is 3. The third-order valence-electron chi connectivity index (χ3n) is 2.52. The van der Waals surface area contributed by atoms with E-state index in [1.54, 1.807) is 35.0 Å². The molecule has 5 heteroatoms. The molecule has 88 valence electrons. The summed E-state index contributed by atoms with van der Waals surface area (Å²) >= 11 is 0. The van der Waals surface area contributed by atoms with E-state index in [1.165, 1.54) is 7.11 Å². The Morgan fingerprint density at radius 2 is 2.12 bits per heavy atom. The highest BCUT2D eigenvalue weighted by Crippen LogP contribution is 2.20. The summed E-state index contributed by atoms with van der Waals surface area (Å²) in [5.41, 5.74) is 1.14. The van der Waals surface area contributed by atoms with Gasteiger partial charge in [0.15, 0.2) is 0 Å². The van der Waals surface area contributed by atoms with E-state index in [0.717, 1.165) is 0 Å². The van der Waals surface area contributed by atoms with Crippen LogP contribution in [-0.4, -0.2) is 28.7 Å². The summed E-state index contributed by atoms with van der Waals surface area (Å²) < 4.78 is 6.24. The molecule has 1 aromatic carbocycles. The van der Waals surface area contributed by atoms with Gasteiger partial charge < -0.3 is 14.4 Å². The van der Waals surface area contributed by atoms with Gasteiger partial charge in [-0.3, -0.25) is 4.79 Å². The summed E-state index contributed by atoms with van der Waals surface area (Å²) in [6.45, 7) is -0.131. The van der Waals surface area contributed by atoms with Crippen LogP contribution in [0, 0.1) is 0 Å². The quantitative estimate of drug-likeness (QED) is 0.816. The van der Waals surface area contributed by atoms with Gasteiger partial charge in [-0.05, 0) is 18.2 Å². The van der Waals surface area contributed by atoms with Crippen molar-refractivity contribution in [3.8, 4) is 0 Å². The first-order valence-corrected chi connectivity index (χ1v) is 5.01. The summed E-state index contributed by atoms with van der Waals surface area (Å²) in [6.07, 6.45) is 1.64. The largest absolute Gasteiger partial charge is 0.480 e. The molecule has 0 aliphatic rings. The van der Waals surface area contributed by atoms with E-state index in [1.807, 2.05) is 0 Å². The molecule has 1 aromatic heterocycles. The van der Waals surface area contributed by atoms with Crippen LogP contribution in [0.3, 0.4) is 0 Å². The Bertz CT molecular complexity index is 585. The number of carbonyl (C=O) groups is 2. The molecule has 1 heterocycles. The lowest BCUT2D eigenvalue weighted by molar-refractivity contribution is -0.137. The predicted octanol–water partition coefficient (Wildman–Crippen LogP) is 1.51. The lowest BCUT2D eigenvalue weighted by Gasteiger charge is -2.03. The van der Waals surface area contributed by atoms with Gasteiger partial charge >= 0.3 is 11.9 Å². The third kappa shape index (κ3) is 1.99. The SMILES string of the molecule is COC(=O)c1cccc2c1ccn2CC(=O)O. The number of aliphatic carboxylic acids is 1. The monoisotopic (exact) mass is 233 g/mol. The minimum atomic E-state index is -0.925. The number of methoxy groups -OCH3 is 1. The van der Waals surface area contributed by atoms with Crippen molar-refractivity contribution in [2.45, 2.75) is 6.54 Å². The number of esters is 1. The number of rotatable bonds is 3. The van der Waals surface area contributed by atoms with E-state index >= 15 is 0 Å². The first-order valence-electron chi connectivity index (χ1n) is 5.01. The molecule has 0 bridgehead atoms. The van der Waals surface area contributed by atoms with Gasteiger partial charge in [-0.2, -0.15) is 0 Å². The highest BCUT2D eigenvalue weighted by Gasteiger charge is 2.12. The lowest BCUT2D eigenvalue weighted by atomic mass is 10.1. The Morgan fingerprint density at radius 3 is 2.76 bits per heavy atom. The molecular weight excluding hydrogens is 222 g/mol. The fourth-order valence-electron chi connectivity index (χ4n) is 1.79. The van der Waals surface area contributed by atoms with E-state index < -0.39 is 11.9 Å². The van der Waals surface area contributed by atoms with Gasteiger partial charge in [0.25, 0.3) is 0 Å². The molecule has 0 atom stereocenters. The van der Waals surface area contributed by atoms with Crippen LogP contribution < -0.4 is 0 Å². The Kier molecular flexibility index (Phi) is 2.82. The molecule has 1 N–H and O–H groups in total. The summed E-state index contributed by atoms with van der Waals surface area (Å²) in [6, 6.07) is 6.83. The Labute approximate surface area is 97.2 Å². The molecular formula is C12H11NO4. The van der Waals surface area contributed by atoms with Crippen molar-refractivity contribution in [3.63, 3.8) is 0 Å². The van der Waals surface area contributed by atoms with E-state index in [-0.39, 0.29) is 6.54 Å². The maximum atomic E-state index is 11.5. The zero-order chi connectivity index (χ0) is 12.4. The molecule has 2 aromatic rings. The van der Waals surface area contributed by atoms with E-state index in [0.29, 0.717) is 16.5 Å². The number of nitrogens with zero attached hydrogens (tertiary/aromatic N) is 1. The van der Waals surface area contributed by atoms with Gasteiger partial charge in [0.1, 0.15) is 6.54 Å². The number of aromatic nitrogens is 1. The molecule has 0 unspecified atom stereocenters. The summed E-state index contributed by atoms with van der Waals surface area (Å²) in [5, 5.41) is 9.45. The second kappa shape index (κ2) is 4.29. The average Bonchev–Trinajstić information content (AvgIpc) is 2.71. The van der Waals surface area contributed by atoms with Crippen molar-refractivity contribution in [3.05, 3.63) is 36.0 Å². The van der Waals surface area contributed by atoms with Crippen molar-refractivity contribution in [1.29, 1.82) is 0 Å². The minimum Gasteiger partial charge on any atom is -0.480 e. The number of hydrogen-bond donors (Lipinski definition) is 1. The first-order chi connectivity index (χ1) is 8.13. The van der Waals surface area contributed by atoms with Crippen LogP contribution in [0.15, 0.2) is 30.5 Å². The van der Waals surface area contributed by atoms with Gasteiger partial charge in [-0.1, -0.05) is 6.07 Å². The zero-order valence-corrected chi connectivity index (χ0v) is 9.21. The van der Waals surface area contributed by atoms with Crippen LogP contribution in [0.4, 0.5) is 0 Å². The van der Waals surface area contributed by atoms with Crippen LogP contribution in [-0.2, 0) is 16.1 Å². The standard InChI is InChI=1S/C12H11NO4/c1-17-12(16)9-3-2-4-10-8(9)5-6-13(10)7-11(14)15/h2-6H,7H2,1H3,(H,14,15). The summed E-state index contributed by atoms with van der Waals surface area (Å²) in [7, 11) is 1.31. The van der Waals surface area contributed by atoms with Crippen molar-refractivity contribution < 1.29 is 19.4 Å². The molecule has 0 aliphatic carbocycles. The number of carbonyl (C=O) groups excluding carboxylic acids is 1. The Morgan fingerprint density at radius 1 is 1.35 bits per heavy atom. The van der Waals surface area contributed by atoms with Crippen LogP contribution >= 0.6 is 0 Å². The van der Waals surface area contributed by atoms with Crippen molar-refractivity contribution >= 4 is 22.8 Å². The summed E-state index contributed by atoms with van der Waals surface area (Å²) in [4.78, 5) is 22.2. The van der Waals surface area contributed by atoms with E-state index in [2.05, 4.69) is 4.74 Å². The second-order valence-corrected chi connectivity index (χ2v) is 3.57. The average molecular weight is 233 g/mol. The lowest BCUT2D eigenvalue weighted by Crippen LogP contribution is -2.07. The molecule has 0 spiro atoms. The predicted molar refractivity (Wildman–Crippen MR) is 60.9 cm³/mol. The number of carboxylic acids is 1. The molecule has 0 amide bonds. The first kappa shape index (κ1) is 11.2. The van der Waals surface area contributed by atoms with Crippen molar-refractivity contribution in [2.75, 3.05) is 7.11 Å². The fraction of sp³-hybridized carbons (Fsp3) is 0.167. The molecule has 0 aliphatic heterocycles. The number of fused-ring (bicyclic) bond motifs is 1. The normalized spacial score (nSPS) is 10.4. The molecule has 0 saturated heterocycles. The fourth-order valence-corrected chi connectivity index (χ4v) is 1.79. The minimum absolute atomic E-state index is 0.131. The molecule has 0 saturated carbocycles. The third-order valence-corrected chi connectivity index (χ3v) is 2.52. The van der Waals surface area contributed by atoms with Gasteiger partial charge in [-0.25, -0.2) is 4.79 Å². The van der Waals surface area contributed by atoms with Crippen LogP contribution in [0.25, 0.3) is 10.9 Å². The number of benzene rings is 1. The van der Waals surface area contributed by atoms with Gasteiger partial charge in [0.05, 0.1) is 12.7 Å². The molecule has 17 heavy (non-hydrogen) atoms. The topological polar surface area (TPSA) is 68.5 Å². The van der Waals surface area contributed by atoms with E-state index in [9.17, 15) is 9.59 Å². The molecule has 2 rings (SSSR count). The van der Waals surface area contributed by atoms with Crippen LogP contribution in [0.2, 0.25) is 0 Å². The maximum Gasteiger partial charge on any atom is 0.338 e. The van der Waals surface area contributed by atoms with Crippen LogP contribution in [0.1, 0.15) is 10.4 Å².